The van der Waals surface area contributed by atoms with Gasteiger partial charge in [-0.25, -0.2) is 8.42 Å². The normalized spacial score (nSPS) is 29.3. The number of hydrogen-bond acceptors (Lipinski definition) is 3. The van der Waals surface area contributed by atoms with E-state index >= 15 is 0 Å². The van der Waals surface area contributed by atoms with Crippen molar-refractivity contribution >= 4 is 15.7 Å². The fourth-order valence-corrected chi connectivity index (χ4v) is 5.82. The van der Waals surface area contributed by atoms with Crippen LogP contribution in [-0.4, -0.2) is 43.3 Å². The highest BCUT2D eigenvalue weighted by Gasteiger charge is 2.36. The van der Waals surface area contributed by atoms with Gasteiger partial charge in [-0.3, -0.25) is 4.79 Å². The zero-order valence-corrected chi connectivity index (χ0v) is 15.1. The average Bonchev–Trinajstić information content (AvgIpc) is 2.45. The van der Waals surface area contributed by atoms with E-state index in [2.05, 4.69) is 13.8 Å². The smallest absolute Gasteiger partial charge is 0.240 e. The number of carbonyl (C=O) groups is 1. The molecular formula is C17H31NO3S. The molecule has 0 radical (unpaired) electrons. The first-order chi connectivity index (χ1) is 10.3. The summed E-state index contributed by atoms with van der Waals surface area (Å²) in [5.41, 5.74) is 0. The lowest BCUT2D eigenvalue weighted by molar-refractivity contribution is -0.133. The molecule has 0 spiro atoms. The van der Waals surface area contributed by atoms with Gasteiger partial charge < -0.3 is 4.90 Å². The van der Waals surface area contributed by atoms with Crippen LogP contribution in [0.4, 0.5) is 0 Å². The van der Waals surface area contributed by atoms with Gasteiger partial charge in [0.25, 0.3) is 0 Å². The molecule has 0 aromatic rings. The summed E-state index contributed by atoms with van der Waals surface area (Å²) in [6.45, 7) is 7.26. The van der Waals surface area contributed by atoms with Crippen LogP contribution < -0.4 is 0 Å². The molecule has 128 valence electrons. The van der Waals surface area contributed by atoms with Crippen LogP contribution in [-0.2, 0) is 14.6 Å². The highest BCUT2D eigenvalue weighted by Crippen LogP contribution is 2.27. The molecule has 1 saturated heterocycles. The molecule has 2 rings (SSSR count). The predicted octanol–water partition coefficient (Wildman–Crippen LogP) is 2.87. The van der Waals surface area contributed by atoms with Crippen LogP contribution in [0, 0.1) is 17.8 Å². The summed E-state index contributed by atoms with van der Waals surface area (Å²) in [7, 11) is -3.33. The minimum Gasteiger partial charge on any atom is -0.341 e. The second kappa shape index (κ2) is 7.33. The van der Waals surface area contributed by atoms with Crippen LogP contribution in [0.3, 0.4) is 0 Å². The van der Waals surface area contributed by atoms with Gasteiger partial charge in [0, 0.05) is 13.1 Å². The quantitative estimate of drug-likeness (QED) is 0.797. The SMILES string of the molecule is C[C@@H]1C[C@@H](C)CN(C(=O)[C@@H](C)S(=O)(=O)CC2CCCCC2)C1. The second-order valence-electron chi connectivity index (χ2n) is 7.67. The summed E-state index contributed by atoms with van der Waals surface area (Å²) in [6, 6.07) is 0. The summed E-state index contributed by atoms with van der Waals surface area (Å²) < 4.78 is 25.2. The minimum atomic E-state index is -3.33. The second-order valence-corrected chi connectivity index (χ2v) is 10.0. The van der Waals surface area contributed by atoms with Crippen molar-refractivity contribution in [1.29, 1.82) is 0 Å². The Balaban J connectivity index is 1.98. The number of nitrogens with zero attached hydrogens (tertiary/aromatic N) is 1. The summed E-state index contributed by atoms with van der Waals surface area (Å²) in [4.78, 5) is 14.4. The average molecular weight is 330 g/mol. The number of sulfone groups is 1. The molecule has 0 N–H and O–H groups in total. The molecule has 0 aromatic heterocycles. The number of piperidine rings is 1. The highest BCUT2D eigenvalue weighted by molar-refractivity contribution is 7.92. The van der Waals surface area contributed by atoms with Gasteiger partial charge in [-0.2, -0.15) is 0 Å². The first-order valence-corrected chi connectivity index (χ1v) is 10.5. The van der Waals surface area contributed by atoms with Crippen LogP contribution in [0.2, 0.25) is 0 Å². The van der Waals surface area contributed by atoms with E-state index in [1.807, 2.05) is 0 Å². The van der Waals surface area contributed by atoms with Crippen LogP contribution >= 0.6 is 0 Å². The van der Waals surface area contributed by atoms with E-state index in [4.69, 9.17) is 0 Å². The Kier molecular flexibility index (Phi) is 5.92. The summed E-state index contributed by atoms with van der Waals surface area (Å²) in [6.07, 6.45) is 6.59. The van der Waals surface area contributed by atoms with Crippen molar-refractivity contribution in [3.05, 3.63) is 0 Å². The fourth-order valence-electron chi connectivity index (χ4n) is 4.08. The molecule has 1 amide bonds. The van der Waals surface area contributed by atoms with E-state index in [1.165, 1.54) is 6.42 Å². The first-order valence-electron chi connectivity index (χ1n) is 8.80. The Morgan fingerprint density at radius 2 is 1.64 bits per heavy atom. The molecular weight excluding hydrogens is 298 g/mol. The zero-order valence-electron chi connectivity index (χ0n) is 14.3. The summed E-state index contributed by atoms with van der Waals surface area (Å²) >= 11 is 0. The van der Waals surface area contributed by atoms with E-state index in [1.54, 1.807) is 11.8 Å². The van der Waals surface area contributed by atoms with Crippen LogP contribution in [0.15, 0.2) is 0 Å². The largest absolute Gasteiger partial charge is 0.341 e. The van der Waals surface area contributed by atoms with Gasteiger partial charge in [0.05, 0.1) is 5.75 Å². The summed E-state index contributed by atoms with van der Waals surface area (Å²) in [5.74, 6) is 1.18. The maximum absolute atomic E-state index is 12.6. The molecule has 0 aromatic carbocycles. The molecule has 1 aliphatic carbocycles. The number of likely N-dealkylation sites (tertiary alicyclic amines) is 1. The third kappa shape index (κ3) is 4.46. The summed E-state index contributed by atoms with van der Waals surface area (Å²) in [5, 5.41) is -0.882. The topological polar surface area (TPSA) is 54.5 Å². The fraction of sp³-hybridized carbons (Fsp3) is 0.941. The van der Waals surface area contributed by atoms with Crippen LogP contribution in [0.5, 0.6) is 0 Å². The Morgan fingerprint density at radius 3 is 2.18 bits per heavy atom. The van der Waals surface area contributed by atoms with Gasteiger partial charge in [-0.1, -0.05) is 33.1 Å². The molecule has 22 heavy (non-hydrogen) atoms. The predicted molar refractivity (Wildman–Crippen MR) is 89.3 cm³/mol. The van der Waals surface area contributed by atoms with Crippen molar-refractivity contribution < 1.29 is 13.2 Å². The van der Waals surface area contributed by atoms with Crippen LogP contribution in [0.25, 0.3) is 0 Å². The Bertz CT molecular complexity index is 472. The van der Waals surface area contributed by atoms with E-state index in [9.17, 15) is 13.2 Å². The van der Waals surface area contributed by atoms with Crippen molar-refractivity contribution in [3.8, 4) is 0 Å². The zero-order chi connectivity index (χ0) is 16.3. The first kappa shape index (κ1) is 17.8. The van der Waals surface area contributed by atoms with Gasteiger partial charge >= 0.3 is 0 Å². The van der Waals surface area contributed by atoms with Gasteiger partial charge in [-0.15, -0.1) is 0 Å². The van der Waals surface area contributed by atoms with E-state index in [0.717, 1.165) is 32.1 Å². The standard InChI is InChI=1S/C17H31NO3S/c1-13-9-14(2)11-18(10-13)17(19)15(3)22(20,21)12-16-7-5-4-6-8-16/h13-16H,4-12H2,1-3H3/t13-,14-,15-/m1/s1. The van der Waals surface area contributed by atoms with Gasteiger partial charge in [0.2, 0.25) is 5.91 Å². The molecule has 1 saturated carbocycles. The molecule has 1 aliphatic heterocycles. The van der Waals surface area contributed by atoms with Crippen molar-refractivity contribution in [3.63, 3.8) is 0 Å². The van der Waals surface area contributed by atoms with E-state index in [0.29, 0.717) is 24.9 Å². The Hall–Kier alpha value is -0.580. The molecule has 2 aliphatic rings. The maximum Gasteiger partial charge on any atom is 0.240 e. The molecule has 0 unspecified atom stereocenters. The molecule has 0 bridgehead atoms. The third-order valence-corrected chi connectivity index (χ3v) is 7.47. The Morgan fingerprint density at radius 1 is 1.09 bits per heavy atom. The van der Waals surface area contributed by atoms with Crippen molar-refractivity contribution in [2.45, 2.75) is 64.5 Å². The van der Waals surface area contributed by atoms with Gasteiger partial charge in [0.1, 0.15) is 5.25 Å². The molecule has 2 fully saturated rings. The maximum atomic E-state index is 12.6. The number of hydrogen-bond donors (Lipinski definition) is 0. The number of amides is 1. The lowest BCUT2D eigenvalue weighted by Crippen LogP contribution is -2.48. The molecule has 4 nitrogen and oxygen atoms in total. The highest BCUT2D eigenvalue weighted by atomic mass is 32.2. The van der Waals surface area contributed by atoms with Crippen molar-refractivity contribution in [2.75, 3.05) is 18.8 Å². The van der Waals surface area contributed by atoms with Crippen molar-refractivity contribution in [2.24, 2.45) is 17.8 Å². The minimum absolute atomic E-state index is 0.186. The van der Waals surface area contributed by atoms with Crippen molar-refractivity contribution in [1.82, 2.24) is 4.90 Å². The van der Waals surface area contributed by atoms with Gasteiger partial charge in [0.15, 0.2) is 9.84 Å². The van der Waals surface area contributed by atoms with Gasteiger partial charge in [-0.05, 0) is 43.9 Å². The lowest BCUT2D eigenvalue weighted by atomic mass is 9.91. The van der Waals surface area contributed by atoms with Crippen LogP contribution in [0.1, 0.15) is 59.3 Å². The molecule has 5 heteroatoms. The lowest BCUT2D eigenvalue weighted by Gasteiger charge is -2.36. The van der Waals surface area contributed by atoms with E-state index < -0.39 is 15.1 Å². The number of rotatable bonds is 4. The third-order valence-electron chi connectivity index (χ3n) is 5.26. The number of carbonyl (C=O) groups excluding carboxylic acids is 1. The van der Waals surface area contributed by atoms with E-state index in [-0.39, 0.29) is 17.6 Å². The Labute approximate surface area is 135 Å². The monoisotopic (exact) mass is 329 g/mol. The molecule has 1 heterocycles. The molecule has 3 atom stereocenters.